The summed E-state index contributed by atoms with van der Waals surface area (Å²) in [6, 6.07) is 5.13. The molecule has 8 heteroatoms. The van der Waals surface area contributed by atoms with Crippen LogP contribution in [0.1, 0.15) is 24.0 Å². The van der Waals surface area contributed by atoms with Crippen LogP contribution in [0.25, 0.3) is 10.8 Å². The smallest absolute Gasteiger partial charge is 0.228 e. The molecule has 1 saturated carbocycles. The number of carbonyl (C=O) groups excluding carboxylic acids is 1. The van der Waals surface area contributed by atoms with Crippen LogP contribution in [-0.2, 0) is 4.79 Å². The molecule has 6 nitrogen and oxygen atoms in total. The van der Waals surface area contributed by atoms with Gasteiger partial charge in [-0.15, -0.1) is 0 Å². The number of anilines is 2. The minimum Gasteiger partial charge on any atom is -0.497 e. The number of hydrogen-bond donors (Lipinski definition) is 2. The predicted molar refractivity (Wildman–Crippen MR) is 119 cm³/mol. The SMILES string of the molecule is CNc1ncc(C#Cc2c(Cl)cc(OC)cc2Cl)c2cc(NC(=O)C3CC3)ncc12. The highest BCUT2D eigenvalue weighted by Gasteiger charge is 2.29. The number of rotatable bonds is 4. The molecule has 2 N–H and O–H groups in total. The number of pyridine rings is 2. The molecule has 2 aromatic heterocycles. The molecule has 0 saturated heterocycles. The lowest BCUT2D eigenvalue weighted by Crippen LogP contribution is -2.14. The van der Waals surface area contributed by atoms with E-state index in [1.165, 1.54) is 0 Å². The van der Waals surface area contributed by atoms with Crippen molar-refractivity contribution in [2.75, 3.05) is 24.8 Å². The lowest BCUT2D eigenvalue weighted by atomic mass is 10.1. The standard InChI is InChI=1S/C22H18Cl2N4O2/c1-25-21-17-11-26-20(28-22(29)12-3-4-12)9-16(17)13(10-27-21)5-6-15-18(23)7-14(30-2)8-19(15)24/h7-12H,3-4H2,1-2H3,(H,25,27)(H,26,28,29). The number of aromatic nitrogens is 2. The molecule has 0 spiro atoms. The molecular formula is C22H18Cl2N4O2. The van der Waals surface area contributed by atoms with Crippen molar-refractivity contribution in [3.8, 4) is 17.6 Å². The van der Waals surface area contributed by atoms with Gasteiger partial charge in [0.15, 0.2) is 0 Å². The van der Waals surface area contributed by atoms with E-state index in [1.54, 1.807) is 44.8 Å². The third-order valence-corrected chi connectivity index (χ3v) is 5.38. The van der Waals surface area contributed by atoms with Gasteiger partial charge < -0.3 is 15.4 Å². The Kier molecular flexibility index (Phi) is 5.67. The Bertz CT molecular complexity index is 1190. The first-order valence-corrected chi connectivity index (χ1v) is 10.1. The maximum atomic E-state index is 12.1. The number of nitrogens with one attached hydrogen (secondary N) is 2. The van der Waals surface area contributed by atoms with Gasteiger partial charge in [-0.1, -0.05) is 35.0 Å². The van der Waals surface area contributed by atoms with Crippen molar-refractivity contribution < 1.29 is 9.53 Å². The van der Waals surface area contributed by atoms with Gasteiger partial charge in [0, 0.05) is 48.3 Å². The number of benzene rings is 1. The van der Waals surface area contributed by atoms with Crippen molar-refractivity contribution >= 4 is 51.5 Å². The molecule has 1 amide bonds. The van der Waals surface area contributed by atoms with Gasteiger partial charge in [-0.2, -0.15) is 0 Å². The van der Waals surface area contributed by atoms with E-state index in [4.69, 9.17) is 27.9 Å². The summed E-state index contributed by atoms with van der Waals surface area (Å²) in [7, 11) is 3.33. The van der Waals surface area contributed by atoms with Crippen LogP contribution in [0.4, 0.5) is 11.6 Å². The number of nitrogens with zero attached hydrogens (tertiary/aromatic N) is 2. The zero-order chi connectivity index (χ0) is 21.3. The van der Waals surface area contributed by atoms with Crippen LogP contribution in [0.15, 0.2) is 30.6 Å². The molecule has 1 aromatic carbocycles. The number of methoxy groups -OCH3 is 1. The minimum atomic E-state index is -0.00539. The fraction of sp³-hybridized carbons (Fsp3) is 0.227. The monoisotopic (exact) mass is 440 g/mol. The fourth-order valence-electron chi connectivity index (χ4n) is 2.99. The summed E-state index contributed by atoms with van der Waals surface area (Å²) in [6.45, 7) is 0. The molecule has 1 aliphatic carbocycles. The van der Waals surface area contributed by atoms with E-state index in [9.17, 15) is 4.79 Å². The molecule has 4 rings (SSSR count). The highest BCUT2D eigenvalue weighted by molar-refractivity contribution is 6.36. The first-order chi connectivity index (χ1) is 14.5. The molecule has 30 heavy (non-hydrogen) atoms. The third-order valence-electron chi connectivity index (χ3n) is 4.78. The lowest BCUT2D eigenvalue weighted by Gasteiger charge is -2.09. The van der Waals surface area contributed by atoms with Gasteiger partial charge in [0.2, 0.25) is 5.91 Å². The second kappa shape index (κ2) is 8.39. The van der Waals surface area contributed by atoms with Gasteiger partial charge in [0.25, 0.3) is 0 Å². The number of halogens is 2. The Labute approximate surface area is 184 Å². The Balaban J connectivity index is 1.77. The average molecular weight is 441 g/mol. The van der Waals surface area contributed by atoms with Crippen LogP contribution in [0.3, 0.4) is 0 Å². The van der Waals surface area contributed by atoms with Crippen LogP contribution in [-0.4, -0.2) is 30.0 Å². The highest BCUT2D eigenvalue weighted by atomic mass is 35.5. The van der Waals surface area contributed by atoms with Gasteiger partial charge in [-0.3, -0.25) is 4.79 Å². The summed E-state index contributed by atoms with van der Waals surface area (Å²) in [5.74, 6) is 7.92. The molecular weight excluding hydrogens is 423 g/mol. The number of fused-ring (bicyclic) bond motifs is 1. The molecule has 0 bridgehead atoms. The first-order valence-electron chi connectivity index (χ1n) is 9.32. The number of carbonyl (C=O) groups is 1. The van der Waals surface area contributed by atoms with E-state index >= 15 is 0 Å². The van der Waals surface area contributed by atoms with Crippen LogP contribution >= 0.6 is 23.2 Å². The molecule has 2 heterocycles. The van der Waals surface area contributed by atoms with Crippen molar-refractivity contribution in [1.82, 2.24) is 9.97 Å². The minimum absolute atomic E-state index is 0.00539. The van der Waals surface area contributed by atoms with Gasteiger partial charge in [0.05, 0.1) is 28.3 Å². The summed E-state index contributed by atoms with van der Waals surface area (Å²) in [6.07, 6.45) is 5.19. The van der Waals surface area contributed by atoms with E-state index in [2.05, 4.69) is 32.4 Å². The Morgan fingerprint density at radius 2 is 1.83 bits per heavy atom. The Hall–Kier alpha value is -3.01. The van der Waals surface area contributed by atoms with Gasteiger partial charge in [-0.25, -0.2) is 9.97 Å². The predicted octanol–water partition coefficient (Wildman–Crippen LogP) is 4.74. The van der Waals surface area contributed by atoms with Crippen molar-refractivity contribution in [3.63, 3.8) is 0 Å². The maximum Gasteiger partial charge on any atom is 0.228 e. The fourth-order valence-corrected chi connectivity index (χ4v) is 3.55. The molecule has 0 unspecified atom stereocenters. The number of hydrogen-bond acceptors (Lipinski definition) is 5. The quantitative estimate of drug-likeness (QED) is 0.573. The van der Waals surface area contributed by atoms with Crippen molar-refractivity contribution in [1.29, 1.82) is 0 Å². The molecule has 1 aliphatic rings. The van der Waals surface area contributed by atoms with E-state index in [1.807, 2.05) is 0 Å². The van der Waals surface area contributed by atoms with E-state index < -0.39 is 0 Å². The van der Waals surface area contributed by atoms with Gasteiger partial charge in [0.1, 0.15) is 17.4 Å². The summed E-state index contributed by atoms with van der Waals surface area (Å²) in [5, 5.41) is 8.32. The van der Waals surface area contributed by atoms with E-state index in [-0.39, 0.29) is 11.8 Å². The van der Waals surface area contributed by atoms with Gasteiger partial charge in [-0.05, 0) is 18.9 Å². The van der Waals surface area contributed by atoms with E-state index in [0.717, 1.165) is 23.6 Å². The van der Waals surface area contributed by atoms with E-state index in [0.29, 0.717) is 38.6 Å². The normalized spacial score (nSPS) is 12.8. The molecule has 1 fully saturated rings. The molecule has 0 atom stereocenters. The molecule has 152 valence electrons. The average Bonchev–Trinajstić information content (AvgIpc) is 3.58. The van der Waals surface area contributed by atoms with Gasteiger partial charge >= 0.3 is 0 Å². The second-order valence-electron chi connectivity index (χ2n) is 6.87. The largest absolute Gasteiger partial charge is 0.497 e. The Morgan fingerprint density at radius 1 is 1.10 bits per heavy atom. The maximum absolute atomic E-state index is 12.1. The second-order valence-corrected chi connectivity index (χ2v) is 7.68. The summed E-state index contributed by atoms with van der Waals surface area (Å²) >= 11 is 12.6. The lowest BCUT2D eigenvalue weighted by molar-refractivity contribution is -0.117. The van der Waals surface area contributed by atoms with Crippen LogP contribution in [0.5, 0.6) is 5.75 Å². The highest BCUT2D eigenvalue weighted by Crippen LogP contribution is 2.32. The number of amides is 1. The third kappa shape index (κ3) is 4.13. The van der Waals surface area contributed by atoms with Crippen LogP contribution in [0, 0.1) is 17.8 Å². The van der Waals surface area contributed by atoms with Crippen molar-refractivity contribution in [3.05, 3.63) is 51.8 Å². The van der Waals surface area contributed by atoms with Crippen LogP contribution < -0.4 is 15.4 Å². The topological polar surface area (TPSA) is 76.1 Å². The summed E-state index contributed by atoms with van der Waals surface area (Å²) in [4.78, 5) is 20.9. The zero-order valence-electron chi connectivity index (χ0n) is 16.3. The molecule has 3 aromatic rings. The zero-order valence-corrected chi connectivity index (χ0v) is 17.9. The summed E-state index contributed by atoms with van der Waals surface area (Å²) < 4.78 is 5.17. The molecule has 0 aliphatic heterocycles. The van der Waals surface area contributed by atoms with Crippen molar-refractivity contribution in [2.45, 2.75) is 12.8 Å². The first kappa shape index (κ1) is 20.3. The molecule has 0 radical (unpaired) electrons. The Morgan fingerprint density at radius 3 is 2.47 bits per heavy atom. The van der Waals surface area contributed by atoms with Crippen LogP contribution in [0.2, 0.25) is 10.0 Å². The van der Waals surface area contributed by atoms with Crippen molar-refractivity contribution in [2.24, 2.45) is 5.92 Å². The number of ether oxygens (including phenoxy) is 1. The summed E-state index contributed by atoms with van der Waals surface area (Å²) in [5.41, 5.74) is 1.16.